The van der Waals surface area contributed by atoms with E-state index < -0.39 is 5.97 Å². The molecule has 2 aromatic rings. The molecule has 0 saturated heterocycles. The van der Waals surface area contributed by atoms with Crippen molar-refractivity contribution in [1.82, 2.24) is 9.55 Å². The summed E-state index contributed by atoms with van der Waals surface area (Å²) in [6, 6.07) is 0. The smallest absolute Gasteiger partial charge is 0.348 e. The number of hydrogen-bond donors (Lipinski definition) is 0. The second-order valence-electron chi connectivity index (χ2n) is 4.34. The Balaban J connectivity index is 2.61. The maximum absolute atomic E-state index is 12.3. The second kappa shape index (κ2) is 5.54. The van der Waals surface area contributed by atoms with Crippen LogP contribution in [0.3, 0.4) is 0 Å². The Morgan fingerprint density at radius 1 is 1.45 bits per heavy atom. The van der Waals surface area contributed by atoms with Crippen molar-refractivity contribution in [2.24, 2.45) is 0 Å². The van der Waals surface area contributed by atoms with Crippen LogP contribution in [0.25, 0.3) is 10.2 Å². The van der Waals surface area contributed by atoms with E-state index in [1.807, 2.05) is 0 Å². The van der Waals surface area contributed by atoms with Gasteiger partial charge in [0.25, 0.3) is 5.56 Å². The molecule has 2 heterocycles. The number of ketones is 1. The van der Waals surface area contributed by atoms with Gasteiger partial charge in [-0.3, -0.25) is 14.2 Å². The first-order chi connectivity index (χ1) is 9.45. The first-order valence-electron chi connectivity index (χ1n) is 6.10. The molecule has 0 spiro atoms. The van der Waals surface area contributed by atoms with Gasteiger partial charge < -0.3 is 4.74 Å². The lowest BCUT2D eigenvalue weighted by Crippen LogP contribution is -2.23. The molecular formula is C13H14N2O4S. The third-order valence-electron chi connectivity index (χ3n) is 2.77. The number of fused-ring (bicyclic) bond motifs is 1. The Kier molecular flexibility index (Phi) is 3.99. The zero-order chi connectivity index (χ0) is 14.9. The van der Waals surface area contributed by atoms with Gasteiger partial charge in [-0.25, -0.2) is 9.78 Å². The average molecular weight is 294 g/mol. The quantitative estimate of drug-likeness (QED) is 0.799. The van der Waals surface area contributed by atoms with Crippen LogP contribution in [0.5, 0.6) is 0 Å². The number of aromatic nitrogens is 2. The van der Waals surface area contributed by atoms with Crippen LogP contribution in [-0.4, -0.2) is 27.9 Å². The van der Waals surface area contributed by atoms with Crippen LogP contribution in [0.2, 0.25) is 0 Å². The highest BCUT2D eigenvalue weighted by atomic mass is 32.1. The zero-order valence-electron chi connectivity index (χ0n) is 11.4. The highest BCUT2D eigenvalue weighted by Crippen LogP contribution is 2.27. The highest BCUT2D eigenvalue weighted by Gasteiger charge is 2.20. The third-order valence-corrected chi connectivity index (χ3v) is 3.95. The molecule has 0 unspecified atom stereocenters. The van der Waals surface area contributed by atoms with Gasteiger partial charge in [0.2, 0.25) is 0 Å². The van der Waals surface area contributed by atoms with Crippen molar-refractivity contribution in [1.29, 1.82) is 0 Å². The molecule has 0 aliphatic heterocycles. The number of ether oxygens (including phenoxy) is 1. The van der Waals surface area contributed by atoms with E-state index in [1.165, 1.54) is 17.8 Å². The molecule has 6 nitrogen and oxygen atoms in total. The van der Waals surface area contributed by atoms with Crippen molar-refractivity contribution in [2.75, 3.05) is 6.61 Å². The van der Waals surface area contributed by atoms with Crippen LogP contribution in [0.15, 0.2) is 11.1 Å². The fourth-order valence-electron chi connectivity index (χ4n) is 1.90. The van der Waals surface area contributed by atoms with Crippen molar-refractivity contribution in [3.8, 4) is 0 Å². The summed E-state index contributed by atoms with van der Waals surface area (Å²) in [5.74, 6) is -0.586. The van der Waals surface area contributed by atoms with Gasteiger partial charge in [-0.15, -0.1) is 11.3 Å². The van der Waals surface area contributed by atoms with Gasteiger partial charge in [0.1, 0.15) is 15.5 Å². The number of thiophene rings is 1. The van der Waals surface area contributed by atoms with E-state index in [4.69, 9.17) is 4.74 Å². The summed E-state index contributed by atoms with van der Waals surface area (Å²) in [5, 5.41) is 0.377. The van der Waals surface area contributed by atoms with Gasteiger partial charge in [-0.05, 0) is 26.3 Å². The Morgan fingerprint density at radius 3 is 2.75 bits per heavy atom. The van der Waals surface area contributed by atoms with Crippen molar-refractivity contribution >= 4 is 33.3 Å². The molecule has 0 saturated carbocycles. The number of esters is 1. The van der Waals surface area contributed by atoms with E-state index in [-0.39, 0.29) is 24.5 Å². The topological polar surface area (TPSA) is 78.3 Å². The molecule has 106 valence electrons. The molecule has 0 aliphatic rings. The number of rotatable bonds is 4. The molecule has 2 rings (SSSR count). The zero-order valence-corrected chi connectivity index (χ0v) is 12.2. The van der Waals surface area contributed by atoms with Gasteiger partial charge in [0.15, 0.2) is 0 Å². The lowest BCUT2D eigenvalue weighted by molar-refractivity contribution is -0.117. The number of Topliss-reactive ketones (excluding diaryl/α,β-unsaturated/α-hetero) is 1. The monoisotopic (exact) mass is 294 g/mol. The summed E-state index contributed by atoms with van der Waals surface area (Å²) in [6.45, 7) is 5.06. The Morgan fingerprint density at radius 2 is 2.15 bits per heavy atom. The van der Waals surface area contributed by atoms with E-state index in [9.17, 15) is 14.4 Å². The first-order valence-corrected chi connectivity index (χ1v) is 6.92. The molecule has 0 N–H and O–H groups in total. The molecule has 2 aromatic heterocycles. The van der Waals surface area contributed by atoms with Crippen LogP contribution in [0.1, 0.15) is 29.1 Å². The maximum atomic E-state index is 12.3. The summed E-state index contributed by atoms with van der Waals surface area (Å²) >= 11 is 1.13. The van der Waals surface area contributed by atoms with Gasteiger partial charge in [0.05, 0.1) is 24.9 Å². The minimum absolute atomic E-state index is 0.0220. The SMILES string of the molecule is CCOC(=O)c1sc2ncn(CC(C)=O)c(=O)c2c1C. The standard InChI is InChI=1S/C13H14N2O4S/c1-4-19-13(18)10-8(3)9-11(20-10)14-6-15(12(9)17)5-7(2)16/h6H,4-5H2,1-3H3. The molecular weight excluding hydrogens is 280 g/mol. The van der Waals surface area contributed by atoms with E-state index in [0.717, 1.165) is 11.3 Å². The van der Waals surface area contributed by atoms with Crippen molar-refractivity contribution in [3.05, 3.63) is 27.1 Å². The summed E-state index contributed by atoms with van der Waals surface area (Å²) < 4.78 is 6.20. The number of nitrogens with zero attached hydrogens (tertiary/aromatic N) is 2. The van der Waals surface area contributed by atoms with Crippen LogP contribution < -0.4 is 5.56 Å². The van der Waals surface area contributed by atoms with E-state index in [0.29, 0.717) is 20.7 Å². The number of hydrogen-bond acceptors (Lipinski definition) is 6. The van der Waals surface area contributed by atoms with Crippen LogP contribution >= 0.6 is 11.3 Å². The van der Waals surface area contributed by atoms with Gasteiger partial charge in [-0.1, -0.05) is 0 Å². The van der Waals surface area contributed by atoms with Gasteiger partial charge >= 0.3 is 5.97 Å². The predicted molar refractivity (Wildman–Crippen MR) is 75.3 cm³/mol. The van der Waals surface area contributed by atoms with Crippen molar-refractivity contribution < 1.29 is 14.3 Å². The van der Waals surface area contributed by atoms with Crippen LogP contribution in [0.4, 0.5) is 0 Å². The largest absolute Gasteiger partial charge is 0.462 e. The summed E-state index contributed by atoms with van der Waals surface area (Å²) in [7, 11) is 0. The predicted octanol–water partition coefficient (Wildman–Crippen LogP) is 1.53. The molecule has 0 atom stereocenters. The minimum atomic E-state index is -0.453. The van der Waals surface area contributed by atoms with Crippen LogP contribution in [-0.2, 0) is 16.1 Å². The van der Waals surface area contributed by atoms with E-state index >= 15 is 0 Å². The summed E-state index contributed by atoms with van der Waals surface area (Å²) in [4.78, 5) is 40.2. The first kappa shape index (κ1) is 14.4. The summed E-state index contributed by atoms with van der Waals surface area (Å²) in [6.07, 6.45) is 1.33. The summed E-state index contributed by atoms with van der Waals surface area (Å²) in [5.41, 5.74) is 0.244. The van der Waals surface area contributed by atoms with Gasteiger partial charge in [0, 0.05) is 0 Å². The van der Waals surface area contributed by atoms with Gasteiger partial charge in [-0.2, -0.15) is 0 Å². The Bertz CT molecular complexity index is 745. The fraction of sp³-hybridized carbons (Fsp3) is 0.385. The Labute approximate surface area is 119 Å². The molecule has 0 aliphatic carbocycles. The Hall–Kier alpha value is -2.02. The lowest BCUT2D eigenvalue weighted by atomic mass is 10.2. The van der Waals surface area contributed by atoms with E-state index in [1.54, 1.807) is 13.8 Å². The second-order valence-corrected chi connectivity index (χ2v) is 5.34. The van der Waals surface area contributed by atoms with Crippen LogP contribution in [0, 0.1) is 6.92 Å². The fourth-order valence-corrected chi connectivity index (χ4v) is 2.94. The van der Waals surface area contributed by atoms with E-state index in [2.05, 4.69) is 4.98 Å². The number of aryl methyl sites for hydroxylation is 1. The molecule has 0 fully saturated rings. The third kappa shape index (κ3) is 2.49. The highest BCUT2D eigenvalue weighted by molar-refractivity contribution is 7.20. The molecule has 7 heteroatoms. The molecule has 0 bridgehead atoms. The average Bonchev–Trinajstić information content (AvgIpc) is 2.71. The molecule has 0 aromatic carbocycles. The molecule has 20 heavy (non-hydrogen) atoms. The lowest BCUT2D eigenvalue weighted by Gasteiger charge is -2.02. The van der Waals surface area contributed by atoms with Crippen molar-refractivity contribution in [2.45, 2.75) is 27.3 Å². The molecule has 0 amide bonds. The molecule has 0 radical (unpaired) electrons. The number of carbonyl (C=O) groups excluding carboxylic acids is 2. The normalized spacial score (nSPS) is 10.8. The number of carbonyl (C=O) groups is 2. The minimum Gasteiger partial charge on any atom is -0.462 e. The maximum Gasteiger partial charge on any atom is 0.348 e. The van der Waals surface area contributed by atoms with Crippen molar-refractivity contribution in [3.63, 3.8) is 0 Å².